The van der Waals surface area contributed by atoms with Crippen molar-refractivity contribution in [3.05, 3.63) is 23.4 Å². The van der Waals surface area contributed by atoms with Gasteiger partial charge < -0.3 is 4.42 Å². The zero-order valence-electron chi connectivity index (χ0n) is 8.25. The van der Waals surface area contributed by atoms with Gasteiger partial charge in [0.05, 0.1) is 0 Å². The Morgan fingerprint density at radius 3 is 3.07 bits per heavy atom. The number of rotatable bonds is 2. The molecule has 1 aromatic rings. The smallest absolute Gasteiger partial charge is 0.219 e. The number of carbonyl (C=O) groups is 1. The molecule has 3 nitrogen and oxygen atoms in total. The molecule has 14 heavy (non-hydrogen) atoms. The molecule has 1 heterocycles. The molecular formula is C11H13NO2. The van der Waals surface area contributed by atoms with Crippen molar-refractivity contribution in [3.63, 3.8) is 0 Å². The summed E-state index contributed by atoms with van der Waals surface area (Å²) in [5, 5.41) is 0. The second-order valence-corrected chi connectivity index (χ2v) is 3.41. The first-order valence-corrected chi connectivity index (χ1v) is 5.00. The highest BCUT2D eigenvalue weighted by molar-refractivity contribution is 5.96. The van der Waals surface area contributed by atoms with Crippen LogP contribution in [0, 0.1) is 0 Å². The second kappa shape index (κ2) is 3.78. The van der Waals surface area contributed by atoms with Gasteiger partial charge in [0, 0.05) is 12.8 Å². The number of hydrogen-bond acceptors (Lipinski definition) is 3. The van der Waals surface area contributed by atoms with Crippen molar-refractivity contribution in [3.8, 4) is 0 Å². The number of hydrogen-bond donors (Lipinski definition) is 0. The minimum absolute atomic E-state index is 0.117. The number of oxazole rings is 1. The lowest BCUT2D eigenvalue weighted by molar-refractivity contribution is 0.0965. The standard InChI is InChI=1S/C11H13NO2/c1-2-3-7-10-12-11-8(13)5-4-6-9(11)14-10/h3,7H,2,4-6H2,1H3/b7-3-. The molecule has 0 saturated carbocycles. The lowest BCUT2D eigenvalue weighted by Crippen LogP contribution is -2.09. The maximum Gasteiger partial charge on any atom is 0.219 e. The van der Waals surface area contributed by atoms with E-state index < -0.39 is 0 Å². The summed E-state index contributed by atoms with van der Waals surface area (Å²) in [7, 11) is 0. The van der Waals surface area contributed by atoms with Gasteiger partial charge >= 0.3 is 0 Å². The van der Waals surface area contributed by atoms with Crippen LogP contribution in [0.5, 0.6) is 0 Å². The maximum absolute atomic E-state index is 11.4. The van der Waals surface area contributed by atoms with Crippen LogP contribution < -0.4 is 0 Å². The number of aryl methyl sites for hydroxylation is 1. The van der Waals surface area contributed by atoms with Gasteiger partial charge in [-0.25, -0.2) is 4.98 Å². The molecule has 3 heteroatoms. The maximum atomic E-state index is 11.4. The van der Waals surface area contributed by atoms with Crippen LogP contribution in [0.15, 0.2) is 10.5 Å². The molecule has 0 radical (unpaired) electrons. The first kappa shape index (κ1) is 9.19. The number of nitrogens with zero attached hydrogens (tertiary/aromatic N) is 1. The predicted octanol–water partition coefficient (Wildman–Crippen LogP) is 2.62. The molecule has 74 valence electrons. The highest BCUT2D eigenvalue weighted by Crippen LogP contribution is 2.22. The van der Waals surface area contributed by atoms with Gasteiger partial charge in [-0.05, 0) is 18.9 Å². The van der Waals surface area contributed by atoms with E-state index in [9.17, 15) is 4.79 Å². The van der Waals surface area contributed by atoms with Gasteiger partial charge in [0.25, 0.3) is 0 Å². The number of Topliss-reactive ketones (excluding diaryl/α,β-unsaturated/α-hetero) is 1. The summed E-state index contributed by atoms with van der Waals surface area (Å²) in [4.78, 5) is 15.6. The number of carbonyl (C=O) groups excluding carboxylic acids is 1. The van der Waals surface area contributed by atoms with E-state index in [1.54, 1.807) is 0 Å². The minimum Gasteiger partial charge on any atom is -0.441 e. The van der Waals surface area contributed by atoms with Gasteiger partial charge in [0.2, 0.25) is 5.89 Å². The lowest BCUT2D eigenvalue weighted by atomic mass is 10.0. The van der Waals surface area contributed by atoms with Crippen LogP contribution in [-0.4, -0.2) is 10.8 Å². The molecule has 2 rings (SSSR count). The molecule has 0 saturated heterocycles. The Morgan fingerprint density at radius 1 is 1.50 bits per heavy atom. The van der Waals surface area contributed by atoms with E-state index in [4.69, 9.17) is 4.42 Å². The van der Waals surface area contributed by atoms with Crippen molar-refractivity contribution in [2.24, 2.45) is 0 Å². The Bertz CT molecular complexity index is 377. The van der Waals surface area contributed by atoms with Crippen LogP contribution in [-0.2, 0) is 6.42 Å². The summed E-state index contributed by atoms with van der Waals surface area (Å²) in [6, 6.07) is 0. The fraction of sp³-hybridized carbons (Fsp3) is 0.455. The SMILES string of the molecule is CC/C=C\c1nc2c(o1)CCCC2=O. The monoisotopic (exact) mass is 191 g/mol. The molecule has 0 amide bonds. The summed E-state index contributed by atoms with van der Waals surface area (Å²) < 4.78 is 5.46. The van der Waals surface area contributed by atoms with Crippen molar-refractivity contribution in [2.75, 3.05) is 0 Å². The van der Waals surface area contributed by atoms with E-state index in [2.05, 4.69) is 4.98 Å². The molecular weight excluding hydrogens is 178 g/mol. The van der Waals surface area contributed by atoms with Crippen molar-refractivity contribution < 1.29 is 9.21 Å². The first-order chi connectivity index (χ1) is 6.81. The topological polar surface area (TPSA) is 43.1 Å². The van der Waals surface area contributed by atoms with Crippen LogP contribution >= 0.6 is 0 Å². The summed E-state index contributed by atoms with van der Waals surface area (Å²) in [5.74, 6) is 1.44. The zero-order valence-corrected chi connectivity index (χ0v) is 8.25. The van der Waals surface area contributed by atoms with Crippen molar-refractivity contribution >= 4 is 11.9 Å². The van der Waals surface area contributed by atoms with Crippen molar-refractivity contribution in [1.29, 1.82) is 0 Å². The predicted molar refractivity (Wildman–Crippen MR) is 53.1 cm³/mol. The van der Waals surface area contributed by atoms with E-state index in [0.717, 1.165) is 25.0 Å². The fourth-order valence-electron chi connectivity index (χ4n) is 1.58. The normalized spacial score (nSPS) is 16.2. The molecule has 0 fully saturated rings. The average Bonchev–Trinajstić information content (AvgIpc) is 2.59. The van der Waals surface area contributed by atoms with E-state index >= 15 is 0 Å². The summed E-state index contributed by atoms with van der Waals surface area (Å²) in [6.07, 6.45) is 7.08. The summed E-state index contributed by atoms with van der Waals surface area (Å²) in [5.41, 5.74) is 0.548. The largest absolute Gasteiger partial charge is 0.441 e. The number of fused-ring (bicyclic) bond motifs is 1. The van der Waals surface area contributed by atoms with Crippen LogP contribution in [0.1, 0.15) is 48.3 Å². The Morgan fingerprint density at radius 2 is 2.36 bits per heavy atom. The molecule has 0 atom stereocenters. The average molecular weight is 191 g/mol. The third-order valence-corrected chi connectivity index (χ3v) is 2.28. The molecule has 1 aliphatic rings. The van der Waals surface area contributed by atoms with Gasteiger partial charge in [-0.2, -0.15) is 0 Å². The van der Waals surface area contributed by atoms with E-state index in [1.165, 1.54) is 0 Å². The quantitative estimate of drug-likeness (QED) is 0.721. The zero-order chi connectivity index (χ0) is 9.97. The number of aromatic nitrogens is 1. The van der Waals surface area contributed by atoms with Gasteiger partial charge in [0.15, 0.2) is 5.78 Å². The first-order valence-electron chi connectivity index (χ1n) is 5.00. The third kappa shape index (κ3) is 1.62. The third-order valence-electron chi connectivity index (χ3n) is 2.28. The molecule has 0 aromatic carbocycles. The Kier molecular flexibility index (Phi) is 2.48. The van der Waals surface area contributed by atoms with E-state index in [-0.39, 0.29) is 5.78 Å². The highest BCUT2D eigenvalue weighted by atomic mass is 16.4. The highest BCUT2D eigenvalue weighted by Gasteiger charge is 2.22. The molecule has 1 aromatic heterocycles. The van der Waals surface area contributed by atoms with Crippen molar-refractivity contribution in [2.45, 2.75) is 32.6 Å². The number of ketones is 1. The molecule has 0 N–H and O–H groups in total. The van der Waals surface area contributed by atoms with Crippen LogP contribution in [0.25, 0.3) is 6.08 Å². The lowest BCUT2D eigenvalue weighted by Gasteiger charge is -2.04. The van der Waals surface area contributed by atoms with Crippen LogP contribution in [0.2, 0.25) is 0 Å². The molecule has 0 spiro atoms. The minimum atomic E-state index is 0.117. The van der Waals surface area contributed by atoms with E-state index in [1.807, 2.05) is 19.1 Å². The van der Waals surface area contributed by atoms with Crippen LogP contribution in [0.3, 0.4) is 0 Å². The summed E-state index contributed by atoms with van der Waals surface area (Å²) in [6.45, 7) is 2.05. The Hall–Kier alpha value is -1.38. The van der Waals surface area contributed by atoms with Gasteiger partial charge in [0.1, 0.15) is 11.5 Å². The molecule has 0 aliphatic heterocycles. The Labute approximate surface area is 82.8 Å². The van der Waals surface area contributed by atoms with Crippen LogP contribution in [0.4, 0.5) is 0 Å². The second-order valence-electron chi connectivity index (χ2n) is 3.41. The van der Waals surface area contributed by atoms with Gasteiger partial charge in [-0.15, -0.1) is 0 Å². The molecule has 1 aliphatic carbocycles. The van der Waals surface area contributed by atoms with Gasteiger partial charge in [-0.1, -0.05) is 13.0 Å². The van der Waals surface area contributed by atoms with Crippen molar-refractivity contribution in [1.82, 2.24) is 4.98 Å². The van der Waals surface area contributed by atoms with E-state index in [0.29, 0.717) is 18.0 Å². The molecule has 0 bridgehead atoms. The number of allylic oxidation sites excluding steroid dienone is 1. The molecule has 0 unspecified atom stereocenters. The summed E-state index contributed by atoms with van der Waals surface area (Å²) >= 11 is 0. The Balaban J connectivity index is 2.30. The van der Waals surface area contributed by atoms with Gasteiger partial charge in [-0.3, -0.25) is 4.79 Å². The fourth-order valence-corrected chi connectivity index (χ4v) is 1.58.